The molecule has 0 aliphatic carbocycles. The number of anilines is 1. The van der Waals surface area contributed by atoms with Gasteiger partial charge in [-0.2, -0.15) is 4.98 Å². The van der Waals surface area contributed by atoms with Crippen LogP contribution >= 0.6 is 0 Å². The van der Waals surface area contributed by atoms with E-state index in [1.807, 2.05) is 0 Å². The Labute approximate surface area is 183 Å². The lowest BCUT2D eigenvalue weighted by Crippen LogP contribution is -2.42. The van der Waals surface area contributed by atoms with Gasteiger partial charge in [-0.3, -0.25) is 8.79 Å². The normalized spacial score (nSPS) is 17.0. The molecule has 0 radical (unpaired) electrons. The number of halogens is 3. The monoisotopic (exact) mass is 470 g/mol. The van der Waals surface area contributed by atoms with Crippen molar-refractivity contribution < 1.29 is 21.6 Å². The molecule has 1 aliphatic heterocycles. The van der Waals surface area contributed by atoms with E-state index >= 15 is 0 Å². The maximum Gasteiger partial charge on any atom is 0.267 e. The first-order chi connectivity index (χ1) is 15.0. The molecule has 0 aromatic carbocycles. The van der Waals surface area contributed by atoms with Crippen molar-refractivity contribution in [1.82, 2.24) is 23.7 Å². The van der Waals surface area contributed by atoms with Crippen LogP contribution in [0.2, 0.25) is 0 Å². The first-order valence-corrected chi connectivity index (χ1v) is 12.1. The molecule has 174 valence electrons. The quantitative estimate of drug-likeness (QED) is 0.594. The molecule has 3 aromatic heterocycles. The van der Waals surface area contributed by atoms with Gasteiger partial charge in [0, 0.05) is 42.3 Å². The van der Waals surface area contributed by atoms with Crippen molar-refractivity contribution in [3.63, 3.8) is 0 Å². The summed E-state index contributed by atoms with van der Waals surface area (Å²) >= 11 is 0. The molecule has 3 aromatic rings. The van der Waals surface area contributed by atoms with E-state index in [1.165, 1.54) is 27.2 Å². The van der Waals surface area contributed by atoms with Gasteiger partial charge in [-0.1, -0.05) is 13.8 Å². The van der Waals surface area contributed by atoms with E-state index in [9.17, 15) is 21.6 Å². The van der Waals surface area contributed by atoms with Gasteiger partial charge in [0.2, 0.25) is 16.0 Å². The van der Waals surface area contributed by atoms with Crippen LogP contribution in [-0.4, -0.2) is 64.1 Å². The standard InChI is InChI=1S/C20H25F3N6O2S/c1-20(2,11-21)15-10-29-17-12(8-14(16(22)23)18(29)26-15)9-24-19(27-17)25-13-4-6-28(7-5-13)32(3,30)31/h8-10,13,16H,4-7,11H2,1-3H3,(H,24,25,27). The molecular weight excluding hydrogens is 445 g/mol. The van der Waals surface area contributed by atoms with Gasteiger partial charge in [-0.15, -0.1) is 0 Å². The number of pyridine rings is 1. The first-order valence-electron chi connectivity index (χ1n) is 10.2. The van der Waals surface area contributed by atoms with Crippen molar-refractivity contribution in [3.05, 3.63) is 29.7 Å². The van der Waals surface area contributed by atoms with Gasteiger partial charge in [-0.05, 0) is 18.9 Å². The molecule has 0 bridgehead atoms. The summed E-state index contributed by atoms with van der Waals surface area (Å²) in [4.78, 5) is 13.1. The minimum absolute atomic E-state index is 0.0231. The van der Waals surface area contributed by atoms with Crippen LogP contribution in [0.4, 0.5) is 19.1 Å². The predicted octanol–water partition coefficient (Wildman–Crippen LogP) is 3.30. The number of imidazole rings is 1. The van der Waals surface area contributed by atoms with Crippen LogP contribution in [0.15, 0.2) is 18.5 Å². The summed E-state index contributed by atoms with van der Waals surface area (Å²) < 4.78 is 67.2. The van der Waals surface area contributed by atoms with Crippen molar-refractivity contribution in [2.75, 3.05) is 31.3 Å². The van der Waals surface area contributed by atoms with Crippen LogP contribution in [-0.2, 0) is 15.4 Å². The molecule has 8 nitrogen and oxygen atoms in total. The second-order valence-electron chi connectivity index (χ2n) is 8.79. The van der Waals surface area contributed by atoms with E-state index in [0.29, 0.717) is 48.6 Å². The minimum Gasteiger partial charge on any atom is -0.351 e. The molecule has 1 aliphatic rings. The maximum atomic E-state index is 13.7. The Hall–Kier alpha value is -2.47. The summed E-state index contributed by atoms with van der Waals surface area (Å²) in [5.74, 6) is 0.307. The van der Waals surface area contributed by atoms with Gasteiger partial charge in [0.15, 0.2) is 5.65 Å². The molecular formula is C20H25F3N6O2S. The van der Waals surface area contributed by atoms with Gasteiger partial charge >= 0.3 is 0 Å². The molecule has 1 saturated heterocycles. The molecule has 12 heteroatoms. The van der Waals surface area contributed by atoms with E-state index in [2.05, 4.69) is 20.3 Å². The second-order valence-corrected chi connectivity index (χ2v) is 10.8. The number of nitrogens with one attached hydrogen (secondary N) is 1. The zero-order chi connectivity index (χ0) is 23.3. The van der Waals surface area contributed by atoms with Gasteiger partial charge in [0.05, 0.1) is 17.5 Å². The van der Waals surface area contributed by atoms with E-state index < -0.39 is 28.5 Å². The third-order valence-electron chi connectivity index (χ3n) is 5.82. The van der Waals surface area contributed by atoms with Crippen molar-refractivity contribution in [2.24, 2.45) is 0 Å². The zero-order valence-corrected chi connectivity index (χ0v) is 18.8. The Morgan fingerprint density at radius 2 is 1.91 bits per heavy atom. The number of rotatable bonds is 6. The lowest BCUT2D eigenvalue weighted by molar-refractivity contribution is 0.152. The molecule has 1 fully saturated rings. The highest BCUT2D eigenvalue weighted by molar-refractivity contribution is 7.88. The van der Waals surface area contributed by atoms with Crippen LogP contribution in [0, 0.1) is 0 Å². The largest absolute Gasteiger partial charge is 0.351 e. The molecule has 32 heavy (non-hydrogen) atoms. The molecule has 4 rings (SSSR count). The number of fused-ring (bicyclic) bond motifs is 3. The summed E-state index contributed by atoms with van der Waals surface area (Å²) in [6.45, 7) is 3.42. The smallest absolute Gasteiger partial charge is 0.267 e. The third-order valence-corrected chi connectivity index (χ3v) is 7.12. The molecule has 0 amide bonds. The van der Waals surface area contributed by atoms with E-state index in [1.54, 1.807) is 20.0 Å². The lowest BCUT2D eigenvalue weighted by atomic mass is 9.92. The zero-order valence-electron chi connectivity index (χ0n) is 18.0. The van der Waals surface area contributed by atoms with Crippen LogP contribution in [0.1, 0.15) is 44.4 Å². The van der Waals surface area contributed by atoms with Gasteiger partial charge in [-0.25, -0.2) is 31.5 Å². The number of alkyl halides is 3. The summed E-state index contributed by atoms with van der Waals surface area (Å²) in [6.07, 6.45) is 2.62. The number of sulfonamides is 1. The second kappa shape index (κ2) is 8.14. The van der Waals surface area contributed by atoms with E-state index in [4.69, 9.17) is 0 Å². The lowest BCUT2D eigenvalue weighted by Gasteiger charge is -2.30. The molecule has 0 saturated carbocycles. The number of piperidine rings is 1. The van der Waals surface area contributed by atoms with Gasteiger partial charge in [0.25, 0.3) is 6.43 Å². The minimum atomic E-state index is -3.22. The Bertz CT molecular complexity index is 1250. The Morgan fingerprint density at radius 1 is 1.22 bits per heavy atom. The number of aromatic nitrogens is 4. The molecule has 1 N–H and O–H groups in total. The fraction of sp³-hybridized carbons (Fsp3) is 0.550. The van der Waals surface area contributed by atoms with Gasteiger partial charge < -0.3 is 5.32 Å². The van der Waals surface area contributed by atoms with Crippen LogP contribution in [0.3, 0.4) is 0 Å². The van der Waals surface area contributed by atoms with Crippen LogP contribution in [0.5, 0.6) is 0 Å². The Kier molecular flexibility index (Phi) is 5.78. The van der Waals surface area contributed by atoms with Crippen LogP contribution < -0.4 is 5.32 Å². The highest BCUT2D eigenvalue weighted by atomic mass is 32.2. The Morgan fingerprint density at radius 3 is 2.50 bits per heavy atom. The van der Waals surface area contributed by atoms with Crippen molar-refractivity contribution in [3.8, 4) is 0 Å². The topological polar surface area (TPSA) is 92.5 Å². The summed E-state index contributed by atoms with van der Waals surface area (Å²) in [7, 11) is -3.22. The molecule has 0 unspecified atom stereocenters. The van der Waals surface area contributed by atoms with Crippen molar-refractivity contribution in [2.45, 2.75) is 44.6 Å². The SMILES string of the molecule is CC(C)(CF)c1cn2c(n1)c(C(F)F)cc1cnc(NC3CCN(S(C)(=O)=O)CC3)nc12. The van der Waals surface area contributed by atoms with Crippen molar-refractivity contribution >= 4 is 32.7 Å². The average Bonchev–Trinajstić information content (AvgIpc) is 3.19. The highest BCUT2D eigenvalue weighted by Gasteiger charge is 2.28. The first kappa shape index (κ1) is 22.7. The fourth-order valence-corrected chi connectivity index (χ4v) is 4.67. The molecule has 4 heterocycles. The predicted molar refractivity (Wildman–Crippen MR) is 115 cm³/mol. The Balaban J connectivity index is 1.70. The van der Waals surface area contributed by atoms with E-state index in [-0.39, 0.29) is 17.3 Å². The average molecular weight is 471 g/mol. The number of hydrogen-bond donors (Lipinski definition) is 1. The van der Waals surface area contributed by atoms with Crippen LogP contribution in [0.25, 0.3) is 16.7 Å². The number of nitrogens with zero attached hydrogens (tertiary/aromatic N) is 5. The summed E-state index contributed by atoms with van der Waals surface area (Å²) in [5.41, 5.74) is -0.426. The third kappa shape index (κ3) is 4.25. The maximum absolute atomic E-state index is 13.7. The number of hydrogen-bond acceptors (Lipinski definition) is 6. The molecule has 0 spiro atoms. The van der Waals surface area contributed by atoms with Gasteiger partial charge in [0.1, 0.15) is 12.3 Å². The van der Waals surface area contributed by atoms with Crippen molar-refractivity contribution in [1.29, 1.82) is 0 Å². The summed E-state index contributed by atoms with van der Waals surface area (Å²) in [5, 5.41) is 3.62. The van der Waals surface area contributed by atoms with E-state index in [0.717, 1.165) is 0 Å². The fourth-order valence-electron chi connectivity index (χ4n) is 3.79. The highest BCUT2D eigenvalue weighted by Crippen LogP contribution is 2.31. The molecule has 0 atom stereocenters. The summed E-state index contributed by atoms with van der Waals surface area (Å²) in [6, 6.07) is 1.29.